The van der Waals surface area contributed by atoms with Crippen LogP contribution in [0.25, 0.3) is 0 Å². The predicted octanol–water partition coefficient (Wildman–Crippen LogP) is 4.02. The van der Waals surface area contributed by atoms with E-state index in [-0.39, 0.29) is 11.9 Å². The zero-order valence-corrected chi connectivity index (χ0v) is 14.3. The van der Waals surface area contributed by atoms with Crippen LogP contribution in [0.4, 0.5) is 0 Å². The normalized spacial score (nSPS) is 18.1. The molecule has 3 rings (SSSR count). The molecule has 0 unspecified atom stereocenters. The van der Waals surface area contributed by atoms with Gasteiger partial charge >= 0.3 is 0 Å². The molecule has 3 nitrogen and oxygen atoms in total. The van der Waals surface area contributed by atoms with Gasteiger partial charge in [-0.25, -0.2) is 4.98 Å². The van der Waals surface area contributed by atoms with Crippen molar-refractivity contribution in [3.63, 3.8) is 0 Å². The van der Waals surface area contributed by atoms with Crippen molar-refractivity contribution in [2.45, 2.75) is 45.6 Å². The van der Waals surface area contributed by atoms with Gasteiger partial charge in [0.15, 0.2) is 0 Å². The van der Waals surface area contributed by atoms with E-state index in [0.717, 1.165) is 23.7 Å². The van der Waals surface area contributed by atoms with E-state index in [2.05, 4.69) is 37.2 Å². The lowest BCUT2D eigenvalue weighted by Gasteiger charge is -2.33. The lowest BCUT2D eigenvalue weighted by molar-refractivity contribution is -0.133. The van der Waals surface area contributed by atoms with Crippen molar-refractivity contribution in [3.8, 4) is 0 Å². The summed E-state index contributed by atoms with van der Waals surface area (Å²) in [7, 11) is 0. The summed E-state index contributed by atoms with van der Waals surface area (Å²) < 4.78 is 0. The highest BCUT2D eigenvalue weighted by molar-refractivity contribution is 7.10. The summed E-state index contributed by atoms with van der Waals surface area (Å²) in [5, 5.41) is 5.27. The Labute approximate surface area is 133 Å². The molecule has 0 aliphatic carbocycles. The highest BCUT2D eigenvalue weighted by atomic mass is 32.1. The number of rotatable bonds is 3. The average Bonchev–Trinajstić information content (AvgIpc) is 3.07. The number of thiophene rings is 1. The lowest BCUT2D eigenvalue weighted by Crippen LogP contribution is -2.39. The highest BCUT2D eigenvalue weighted by Gasteiger charge is 2.28. The van der Waals surface area contributed by atoms with Crippen LogP contribution in [0.2, 0.25) is 0 Å². The van der Waals surface area contributed by atoms with Crippen molar-refractivity contribution in [1.29, 1.82) is 0 Å². The molecule has 2 aromatic rings. The maximum atomic E-state index is 12.6. The van der Waals surface area contributed by atoms with E-state index >= 15 is 0 Å². The van der Waals surface area contributed by atoms with E-state index < -0.39 is 0 Å². The quantitative estimate of drug-likeness (QED) is 0.856. The summed E-state index contributed by atoms with van der Waals surface area (Å²) in [5.74, 6) is 0.626. The summed E-state index contributed by atoms with van der Waals surface area (Å²) >= 11 is 3.46. The summed E-state index contributed by atoms with van der Waals surface area (Å²) in [6.45, 7) is 7.22. The molecule has 0 saturated carbocycles. The summed E-state index contributed by atoms with van der Waals surface area (Å²) in [5.41, 5.74) is 2.23. The minimum Gasteiger partial charge on any atom is -0.335 e. The Bertz CT molecular complexity index is 644. The largest absolute Gasteiger partial charge is 0.335 e. The lowest BCUT2D eigenvalue weighted by atomic mass is 10.0. The second kappa shape index (κ2) is 5.89. The van der Waals surface area contributed by atoms with Gasteiger partial charge in [-0.2, -0.15) is 0 Å². The van der Waals surface area contributed by atoms with Crippen LogP contribution in [0.3, 0.4) is 0 Å². The number of amides is 1. The second-order valence-corrected chi connectivity index (χ2v) is 7.71. The topological polar surface area (TPSA) is 33.2 Å². The molecular formula is C16H20N2OS2. The van der Waals surface area contributed by atoms with Crippen molar-refractivity contribution in [2.24, 2.45) is 0 Å². The Morgan fingerprint density at radius 1 is 1.48 bits per heavy atom. The van der Waals surface area contributed by atoms with Gasteiger partial charge in [-0.05, 0) is 30.4 Å². The van der Waals surface area contributed by atoms with Gasteiger partial charge in [-0.1, -0.05) is 13.8 Å². The second-order valence-electron chi connectivity index (χ2n) is 5.82. The van der Waals surface area contributed by atoms with Gasteiger partial charge in [0.25, 0.3) is 0 Å². The Kier molecular flexibility index (Phi) is 4.13. The summed E-state index contributed by atoms with van der Waals surface area (Å²) in [4.78, 5) is 20.6. The smallest absolute Gasteiger partial charge is 0.229 e. The number of carbonyl (C=O) groups is 1. The van der Waals surface area contributed by atoms with Crippen LogP contribution in [0.15, 0.2) is 16.8 Å². The van der Waals surface area contributed by atoms with Gasteiger partial charge in [0.1, 0.15) is 0 Å². The third kappa shape index (κ3) is 2.90. The van der Waals surface area contributed by atoms with Gasteiger partial charge in [-0.3, -0.25) is 4.79 Å². The Morgan fingerprint density at radius 2 is 2.29 bits per heavy atom. The van der Waals surface area contributed by atoms with Gasteiger partial charge in [0.2, 0.25) is 5.91 Å². The molecule has 0 aromatic carbocycles. The zero-order valence-electron chi connectivity index (χ0n) is 12.6. The van der Waals surface area contributed by atoms with Gasteiger partial charge in [0, 0.05) is 22.7 Å². The van der Waals surface area contributed by atoms with E-state index in [1.54, 1.807) is 22.7 Å². The van der Waals surface area contributed by atoms with Gasteiger partial charge in [0.05, 0.1) is 23.2 Å². The summed E-state index contributed by atoms with van der Waals surface area (Å²) in [6, 6.07) is 2.35. The van der Waals surface area contributed by atoms with Crippen LogP contribution in [-0.2, 0) is 17.6 Å². The van der Waals surface area contributed by atoms with Crippen molar-refractivity contribution in [2.75, 3.05) is 6.54 Å². The van der Waals surface area contributed by atoms with Gasteiger partial charge in [-0.15, -0.1) is 22.7 Å². The van der Waals surface area contributed by atoms with Crippen molar-refractivity contribution in [1.82, 2.24) is 9.88 Å². The first-order valence-corrected chi connectivity index (χ1v) is 9.12. The van der Waals surface area contributed by atoms with E-state index in [9.17, 15) is 4.79 Å². The standard InChI is InChI=1S/C16H20N2OS2/c1-10(2)16-17-12(9-21-16)8-15(19)18-6-4-14-13(11(18)3)5-7-20-14/h5,7,9-11H,4,6,8H2,1-3H3/t11-/m1/s1. The molecule has 0 N–H and O–H groups in total. The number of nitrogens with zero attached hydrogens (tertiary/aromatic N) is 2. The van der Waals surface area contributed by atoms with E-state index in [0.29, 0.717) is 12.3 Å². The van der Waals surface area contributed by atoms with Crippen molar-refractivity contribution < 1.29 is 4.79 Å². The maximum Gasteiger partial charge on any atom is 0.229 e. The molecule has 5 heteroatoms. The minimum absolute atomic E-state index is 0.190. The molecule has 1 amide bonds. The SMILES string of the molecule is CC(C)c1nc(CC(=O)N2CCc3sccc3[C@H]2C)cs1. The zero-order chi connectivity index (χ0) is 15.0. The van der Waals surface area contributed by atoms with Crippen LogP contribution in [0, 0.1) is 0 Å². The van der Waals surface area contributed by atoms with Crippen molar-refractivity contribution in [3.05, 3.63) is 38.0 Å². The van der Waals surface area contributed by atoms with E-state index in [4.69, 9.17) is 0 Å². The molecule has 0 saturated heterocycles. The number of thiazole rings is 1. The maximum absolute atomic E-state index is 12.6. The van der Waals surface area contributed by atoms with Crippen LogP contribution >= 0.6 is 22.7 Å². The van der Waals surface area contributed by atoms with Crippen LogP contribution in [-0.4, -0.2) is 22.3 Å². The number of hydrogen-bond donors (Lipinski definition) is 0. The molecule has 0 fully saturated rings. The Morgan fingerprint density at radius 3 is 3.00 bits per heavy atom. The molecule has 3 heterocycles. The summed E-state index contributed by atoms with van der Waals surface area (Å²) in [6.07, 6.45) is 1.41. The number of carbonyl (C=O) groups excluding carboxylic acids is 1. The molecule has 21 heavy (non-hydrogen) atoms. The number of aromatic nitrogens is 1. The fraction of sp³-hybridized carbons (Fsp3) is 0.500. The molecule has 0 bridgehead atoms. The number of fused-ring (bicyclic) bond motifs is 1. The van der Waals surface area contributed by atoms with Crippen LogP contribution in [0.1, 0.15) is 53.9 Å². The fourth-order valence-corrected chi connectivity index (χ4v) is 4.57. The Hall–Kier alpha value is -1.20. The first-order valence-electron chi connectivity index (χ1n) is 7.36. The van der Waals surface area contributed by atoms with Gasteiger partial charge < -0.3 is 4.90 Å². The van der Waals surface area contributed by atoms with Crippen LogP contribution in [0.5, 0.6) is 0 Å². The molecule has 112 valence electrons. The highest BCUT2D eigenvalue weighted by Crippen LogP contribution is 2.33. The molecule has 1 aliphatic rings. The Balaban J connectivity index is 1.71. The first-order chi connectivity index (χ1) is 10.1. The monoisotopic (exact) mass is 320 g/mol. The number of hydrogen-bond acceptors (Lipinski definition) is 4. The fourth-order valence-electron chi connectivity index (χ4n) is 2.78. The molecule has 0 spiro atoms. The van der Waals surface area contributed by atoms with E-state index in [1.807, 2.05) is 10.3 Å². The predicted molar refractivity (Wildman–Crippen MR) is 88.1 cm³/mol. The molecular weight excluding hydrogens is 300 g/mol. The minimum atomic E-state index is 0.190. The molecule has 0 radical (unpaired) electrons. The third-order valence-corrected chi connectivity index (χ3v) is 6.18. The van der Waals surface area contributed by atoms with E-state index in [1.165, 1.54) is 10.4 Å². The third-order valence-electron chi connectivity index (χ3n) is 3.99. The molecule has 2 aromatic heterocycles. The van der Waals surface area contributed by atoms with Crippen molar-refractivity contribution >= 4 is 28.6 Å². The van der Waals surface area contributed by atoms with Crippen LogP contribution < -0.4 is 0 Å². The molecule has 1 aliphatic heterocycles. The first kappa shape index (κ1) is 14.7. The molecule has 1 atom stereocenters. The average molecular weight is 320 g/mol.